The average Bonchev–Trinajstić information content (AvgIpc) is 2.37. The third-order valence-electron chi connectivity index (χ3n) is 3.17. The van der Waals surface area contributed by atoms with E-state index in [1.807, 2.05) is 13.8 Å². The highest BCUT2D eigenvalue weighted by Crippen LogP contribution is 2.15. The molecule has 2 rings (SSSR count). The summed E-state index contributed by atoms with van der Waals surface area (Å²) in [7, 11) is 0. The minimum absolute atomic E-state index is 0.130. The fourth-order valence-corrected chi connectivity index (χ4v) is 2.25. The molecule has 0 fully saturated rings. The molecular weight excluding hydrogens is 258 g/mol. The predicted molar refractivity (Wildman–Crippen MR) is 76.5 cm³/mol. The van der Waals surface area contributed by atoms with E-state index in [-0.39, 0.29) is 5.92 Å². The van der Waals surface area contributed by atoms with Crippen molar-refractivity contribution in [1.82, 2.24) is 9.55 Å². The van der Waals surface area contributed by atoms with Gasteiger partial charge in [-0.05, 0) is 24.5 Å². The van der Waals surface area contributed by atoms with Gasteiger partial charge in [0.1, 0.15) is 6.04 Å². The number of hydrogen-bond acceptors (Lipinski definition) is 3. The van der Waals surface area contributed by atoms with Gasteiger partial charge in [0.05, 0.1) is 10.9 Å². The maximum atomic E-state index is 12.4. The summed E-state index contributed by atoms with van der Waals surface area (Å²) in [5, 5.41) is 0.363. The van der Waals surface area contributed by atoms with E-state index in [0.29, 0.717) is 17.3 Å². The van der Waals surface area contributed by atoms with Crippen molar-refractivity contribution < 1.29 is 4.79 Å². The van der Waals surface area contributed by atoms with E-state index in [1.54, 1.807) is 24.3 Å². The number of aromatic amines is 1. The SMILES string of the molecule is CC(C)CC(C(N)=O)n1c(=O)[nH]c2ccccc2c1=O. The van der Waals surface area contributed by atoms with Gasteiger partial charge < -0.3 is 10.7 Å². The maximum absolute atomic E-state index is 12.4. The van der Waals surface area contributed by atoms with Gasteiger partial charge in [-0.15, -0.1) is 0 Å². The molecule has 106 valence electrons. The van der Waals surface area contributed by atoms with Gasteiger partial charge in [0.2, 0.25) is 5.91 Å². The molecule has 1 heterocycles. The Morgan fingerprint density at radius 3 is 2.55 bits per heavy atom. The third kappa shape index (κ3) is 2.49. The topological polar surface area (TPSA) is 97.9 Å². The number of nitrogens with two attached hydrogens (primary N) is 1. The van der Waals surface area contributed by atoms with Crippen molar-refractivity contribution in [2.24, 2.45) is 11.7 Å². The van der Waals surface area contributed by atoms with Crippen molar-refractivity contribution in [3.8, 4) is 0 Å². The first-order valence-corrected chi connectivity index (χ1v) is 6.44. The average molecular weight is 275 g/mol. The minimum Gasteiger partial charge on any atom is -0.368 e. The number of nitrogens with one attached hydrogen (secondary N) is 1. The first-order valence-electron chi connectivity index (χ1n) is 6.44. The molecule has 20 heavy (non-hydrogen) atoms. The van der Waals surface area contributed by atoms with Gasteiger partial charge in [-0.25, -0.2) is 9.36 Å². The molecule has 0 radical (unpaired) electrons. The summed E-state index contributed by atoms with van der Waals surface area (Å²) in [5.74, 6) is -0.549. The summed E-state index contributed by atoms with van der Waals surface area (Å²) in [6, 6.07) is 5.74. The smallest absolute Gasteiger partial charge is 0.329 e. The molecule has 6 nitrogen and oxygen atoms in total. The Bertz CT molecular complexity index is 758. The van der Waals surface area contributed by atoms with Gasteiger partial charge in [0, 0.05) is 0 Å². The molecule has 0 bridgehead atoms. The number of amides is 1. The van der Waals surface area contributed by atoms with Crippen molar-refractivity contribution >= 4 is 16.8 Å². The van der Waals surface area contributed by atoms with Crippen LogP contribution in [-0.4, -0.2) is 15.5 Å². The molecule has 0 saturated heterocycles. The van der Waals surface area contributed by atoms with Crippen molar-refractivity contribution in [3.05, 3.63) is 45.1 Å². The molecule has 1 atom stereocenters. The second kappa shape index (κ2) is 5.32. The van der Waals surface area contributed by atoms with Crippen LogP contribution < -0.4 is 17.0 Å². The highest BCUT2D eigenvalue weighted by Gasteiger charge is 2.23. The van der Waals surface area contributed by atoms with Crippen molar-refractivity contribution in [3.63, 3.8) is 0 Å². The lowest BCUT2D eigenvalue weighted by atomic mass is 10.0. The van der Waals surface area contributed by atoms with Gasteiger partial charge >= 0.3 is 5.69 Å². The molecule has 1 amide bonds. The predicted octanol–water partition coefficient (Wildman–Crippen LogP) is 0.762. The Kier molecular flexibility index (Phi) is 3.74. The Balaban J connectivity index is 2.72. The Morgan fingerprint density at radius 1 is 1.30 bits per heavy atom. The van der Waals surface area contributed by atoms with E-state index in [2.05, 4.69) is 4.98 Å². The molecule has 1 aromatic heterocycles. The second-order valence-electron chi connectivity index (χ2n) is 5.20. The van der Waals surface area contributed by atoms with Gasteiger partial charge in [0.25, 0.3) is 5.56 Å². The van der Waals surface area contributed by atoms with Crippen molar-refractivity contribution in [1.29, 1.82) is 0 Å². The molecule has 0 saturated carbocycles. The van der Waals surface area contributed by atoms with Crippen LogP contribution >= 0.6 is 0 Å². The van der Waals surface area contributed by atoms with Crippen LogP contribution in [0.2, 0.25) is 0 Å². The van der Waals surface area contributed by atoms with Gasteiger partial charge in [-0.3, -0.25) is 9.59 Å². The van der Waals surface area contributed by atoms with Crippen molar-refractivity contribution in [2.45, 2.75) is 26.3 Å². The third-order valence-corrected chi connectivity index (χ3v) is 3.17. The molecule has 0 aliphatic heterocycles. The number of hydrogen-bond donors (Lipinski definition) is 2. The number of fused-ring (bicyclic) bond motifs is 1. The Hall–Kier alpha value is -2.37. The Morgan fingerprint density at radius 2 is 1.95 bits per heavy atom. The van der Waals surface area contributed by atoms with Crippen LogP contribution in [0.3, 0.4) is 0 Å². The molecule has 0 aliphatic rings. The standard InChI is InChI=1S/C14H17N3O3/c1-8(2)7-11(12(15)18)17-13(19)9-5-3-4-6-10(9)16-14(17)20/h3-6,8,11H,7H2,1-2H3,(H2,15,18)(H,16,20). The number of benzene rings is 1. The molecule has 6 heteroatoms. The second-order valence-corrected chi connectivity index (χ2v) is 5.20. The number of nitrogens with zero attached hydrogens (tertiary/aromatic N) is 1. The fourth-order valence-electron chi connectivity index (χ4n) is 2.25. The number of carbonyl (C=O) groups is 1. The molecule has 0 spiro atoms. The normalized spacial score (nSPS) is 12.8. The van der Waals surface area contributed by atoms with Gasteiger partial charge in [0.15, 0.2) is 0 Å². The summed E-state index contributed by atoms with van der Waals surface area (Å²) < 4.78 is 0.921. The monoisotopic (exact) mass is 275 g/mol. The molecule has 0 aliphatic carbocycles. The number of para-hydroxylation sites is 1. The maximum Gasteiger partial charge on any atom is 0.329 e. The molecule has 1 aromatic carbocycles. The van der Waals surface area contributed by atoms with E-state index in [0.717, 1.165) is 4.57 Å². The van der Waals surface area contributed by atoms with Crippen molar-refractivity contribution in [2.75, 3.05) is 0 Å². The van der Waals surface area contributed by atoms with Gasteiger partial charge in [-0.1, -0.05) is 26.0 Å². The summed E-state index contributed by atoms with van der Waals surface area (Å²) in [6.45, 7) is 3.80. The largest absolute Gasteiger partial charge is 0.368 e. The Labute approximate surface area is 115 Å². The molecule has 2 aromatic rings. The number of rotatable bonds is 4. The zero-order valence-corrected chi connectivity index (χ0v) is 11.4. The van der Waals surface area contributed by atoms with Crippen LogP contribution in [0.5, 0.6) is 0 Å². The van der Waals surface area contributed by atoms with Gasteiger partial charge in [-0.2, -0.15) is 0 Å². The first-order chi connectivity index (χ1) is 9.41. The molecule has 1 unspecified atom stereocenters. The van der Waals surface area contributed by atoms with E-state index in [9.17, 15) is 14.4 Å². The molecular formula is C14H17N3O3. The number of H-pyrrole nitrogens is 1. The number of primary amides is 1. The van der Waals surface area contributed by atoms with Crippen LogP contribution in [0.4, 0.5) is 0 Å². The number of aromatic nitrogens is 2. The summed E-state index contributed by atoms with van der Waals surface area (Å²) >= 11 is 0. The summed E-state index contributed by atoms with van der Waals surface area (Å²) in [5.41, 5.74) is 4.69. The lowest BCUT2D eigenvalue weighted by Gasteiger charge is -2.17. The van der Waals surface area contributed by atoms with E-state index in [1.165, 1.54) is 0 Å². The van der Waals surface area contributed by atoms with Crippen LogP contribution in [0, 0.1) is 5.92 Å². The van der Waals surface area contributed by atoms with Crippen LogP contribution in [0.1, 0.15) is 26.3 Å². The fraction of sp³-hybridized carbons (Fsp3) is 0.357. The van der Waals surface area contributed by atoms with E-state index >= 15 is 0 Å². The quantitative estimate of drug-likeness (QED) is 0.861. The highest BCUT2D eigenvalue weighted by atomic mass is 16.2. The van der Waals surface area contributed by atoms with E-state index in [4.69, 9.17) is 5.73 Å². The summed E-state index contributed by atoms with van der Waals surface area (Å²) in [6.07, 6.45) is 0.344. The van der Waals surface area contributed by atoms with E-state index < -0.39 is 23.2 Å². The van der Waals surface area contributed by atoms with Crippen LogP contribution in [0.15, 0.2) is 33.9 Å². The first kappa shape index (κ1) is 14.0. The van der Waals surface area contributed by atoms with Crippen LogP contribution in [0.25, 0.3) is 10.9 Å². The van der Waals surface area contributed by atoms with Crippen LogP contribution in [-0.2, 0) is 4.79 Å². The zero-order chi connectivity index (χ0) is 14.9. The minimum atomic E-state index is -0.934. The summed E-state index contributed by atoms with van der Waals surface area (Å²) in [4.78, 5) is 38.7. The molecule has 3 N–H and O–H groups in total. The highest BCUT2D eigenvalue weighted by molar-refractivity contribution is 5.80. The lowest BCUT2D eigenvalue weighted by Crippen LogP contribution is -2.43. The number of carbonyl (C=O) groups excluding carboxylic acids is 1. The lowest BCUT2D eigenvalue weighted by molar-refractivity contribution is -0.121. The zero-order valence-electron chi connectivity index (χ0n) is 11.4.